The van der Waals surface area contributed by atoms with Crippen LogP contribution in [-0.4, -0.2) is 42.3 Å². The number of piperazine rings is 1. The van der Waals surface area contributed by atoms with Gasteiger partial charge in [0.1, 0.15) is 0 Å². The highest BCUT2D eigenvalue weighted by Gasteiger charge is 2.40. The summed E-state index contributed by atoms with van der Waals surface area (Å²) in [5.41, 5.74) is 0. The van der Waals surface area contributed by atoms with E-state index in [1.54, 1.807) is 0 Å². The lowest BCUT2D eigenvalue weighted by molar-refractivity contribution is 0.0697. The van der Waals surface area contributed by atoms with Crippen molar-refractivity contribution in [2.45, 2.75) is 38.5 Å². The van der Waals surface area contributed by atoms with Crippen molar-refractivity contribution in [3.05, 3.63) is 0 Å². The highest BCUT2D eigenvalue weighted by Crippen LogP contribution is 2.23. The molecule has 82 valence electrons. The molecular formula is C9H17ClN2O2. The second kappa shape index (κ2) is 4.36. The number of fused-ring (bicyclic) bond motifs is 2. The highest BCUT2D eigenvalue weighted by molar-refractivity contribution is 5.85. The smallest absolute Gasteiger partial charge is 0.410 e. The molecule has 2 fully saturated rings. The van der Waals surface area contributed by atoms with Gasteiger partial charge in [0.05, 0.1) is 6.10 Å². The predicted octanol–water partition coefficient (Wildman–Crippen LogP) is 0.999. The van der Waals surface area contributed by atoms with Gasteiger partial charge in [-0.25, -0.2) is 4.79 Å². The van der Waals surface area contributed by atoms with E-state index in [1.807, 2.05) is 18.7 Å². The number of nitrogens with one attached hydrogen (secondary N) is 1. The standard InChI is InChI=1S/C9H16N2O2.ClH/c1-6(2)13-9(12)11-5-7-3-8(11)4-10-7;/h6-8,10H,3-5H2,1-2H3;1H. The fraction of sp³-hybridized carbons (Fsp3) is 0.889. The maximum atomic E-state index is 11.5. The highest BCUT2D eigenvalue weighted by atomic mass is 35.5. The van der Waals surface area contributed by atoms with E-state index in [1.165, 1.54) is 0 Å². The monoisotopic (exact) mass is 220 g/mol. The molecule has 0 aromatic carbocycles. The predicted molar refractivity (Wildman–Crippen MR) is 55.8 cm³/mol. The number of carbonyl (C=O) groups excluding carboxylic acids is 1. The third-order valence-electron chi connectivity index (χ3n) is 2.63. The Bertz CT molecular complexity index is 223. The first-order valence-corrected chi connectivity index (χ1v) is 4.87. The molecule has 0 aromatic rings. The molecule has 2 saturated heterocycles. The maximum absolute atomic E-state index is 11.5. The van der Waals surface area contributed by atoms with Gasteiger partial charge >= 0.3 is 6.09 Å². The van der Waals surface area contributed by atoms with E-state index >= 15 is 0 Å². The van der Waals surface area contributed by atoms with E-state index in [4.69, 9.17) is 4.74 Å². The average Bonchev–Trinajstić information content (AvgIpc) is 2.62. The molecular weight excluding hydrogens is 204 g/mol. The minimum atomic E-state index is -0.149. The maximum Gasteiger partial charge on any atom is 0.410 e. The molecule has 4 nitrogen and oxygen atoms in total. The molecule has 0 saturated carbocycles. The summed E-state index contributed by atoms with van der Waals surface area (Å²) < 4.78 is 5.15. The van der Waals surface area contributed by atoms with Gasteiger partial charge < -0.3 is 15.0 Å². The molecule has 2 atom stereocenters. The summed E-state index contributed by atoms with van der Waals surface area (Å²) in [6.07, 6.45) is 0.927. The first kappa shape index (κ1) is 11.6. The van der Waals surface area contributed by atoms with E-state index in [0.29, 0.717) is 12.1 Å². The molecule has 2 unspecified atom stereocenters. The Hall–Kier alpha value is -0.480. The lowest BCUT2D eigenvalue weighted by atomic mass is 10.2. The summed E-state index contributed by atoms with van der Waals surface area (Å²) in [5, 5.41) is 3.34. The first-order chi connectivity index (χ1) is 6.16. The summed E-state index contributed by atoms with van der Waals surface area (Å²) in [6.45, 7) is 5.50. The summed E-state index contributed by atoms with van der Waals surface area (Å²) >= 11 is 0. The van der Waals surface area contributed by atoms with Crippen LogP contribution in [0, 0.1) is 0 Å². The molecule has 2 rings (SSSR count). The molecule has 0 aliphatic carbocycles. The molecule has 0 spiro atoms. The van der Waals surface area contributed by atoms with Crippen molar-refractivity contribution in [2.75, 3.05) is 13.1 Å². The lowest BCUT2D eigenvalue weighted by Crippen LogP contribution is -2.47. The molecule has 2 aliphatic rings. The Balaban J connectivity index is 0.000000980. The van der Waals surface area contributed by atoms with Crippen LogP contribution in [0.3, 0.4) is 0 Å². The summed E-state index contributed by atoms with van der Waals surface area (Å²) in [4.78, 5) is 13.4. The van der Waals surface area contributed by atoms with Crippen LogP contribution in [-0.2, 0) is 4.74 Å². The van der Waals surface area contributed by atoms with Crippen molar-refractivity contribution in [2.24, 2.45) is 0 Å². The summed E-state index contributed by atoms with van der Waals surface area (Å²) in [7, 11) is 0. The van der Waals surface area contributed by atoms with E-state index in [0.717, 1.165) is 19.5 Å². The SMILES string of the molecule is CC(C)OC(=O)N1CC2CC1CN2.Cl. The van der Waals surface area contributed by atoms with Gasteiger partial charge in [-0.2, -0.15) is 0 Å². The minimum absolute atomic E-state index is 0. The molecule has 1 amide bonds. The van der Waals surface area contributed by atoms with Gasteiger partial charge in [-0.3, -0.25) is 0 Å². The van der Waals surface area contributed by atoms with Gasteiger partial charge in [0.2, 0.25) is 0 Å². The summed E-state index contributed by atoms with van der Waals surface area (Å²) in [5.74, 6) is 0. The number of rotatable bonds is 1. The molecule has 2 aliphatic heterocycles. The molecule has 5 heteroatoms. The minimum Gasteiger partial charge on any atom is -0.447 e. The summed E-state index contributed by atoms with van der Waals surface area (Å²) in [6, 6.07) is 0.876. The zero-order valence-electron chi connectivity index (χ0n) is 8.53. The van der Waals surface area contributed by atoms with Crippen LogP contribution in [0.15, 0.2) is 0 Å². The number of amides is 1. The molecule has 14 heavy (non-hydrogen) atoms. The number of ether oxygens (including phenoxy) is 1. The van der Waals surface area contributed by atoms with Crippen LogP contribution >= 0.6 is 12.4 Å². The fourth-order valence-electron chi connectivity index (χ4n) is 2.05. The third kappa shape index (κ3) is 2.12. The third-order valence-corrected chi connectivity index (χ3v) is 2.63. The van der Waals surface area contributed by atoms with Gasteiger partial charge in [0.25, 0.3) is 0 Å². The van der Waals surface area contributed by atoms with Gasteiger partial charge in [0.15, 0.2) is 0 Å². The van der Waals surface area contributed by atoms with Crippen molar-refractivity contribution in [3.8, 4) is 0 Å². The zero-order valence-corrected chi connectivity index (χ0v) is 9.34. The van der Waals surface area contributed by atoms with E-state index < -0.39 is 0 Å². The topological polar surface area (TPSA) is 41.6 Å². The quantitative estimate of drug-likeness (QED) is 0.717. The Morgan fingerprint density at radius 2 is 2.29 bits per heavy atom. The van der Waals surface area contributed by atoms with Gasteiger partial charge in [-0.1, -0.05) is 0 Å². The number of likely N-dealkylation sites (tertiary alicyclic amines) is 1. The van der Waals surface area contributed by atoms with Crippen LogP contribution < -0.4 is 5.32 Å². The molecule has 0 radical (unpaired) electrons. The van der Waals surface area contributed by atoms with Crippen molar-refractivity contribution >= 4 is 18.5 Å². The fourth-order valence-corrected chi connectivity index (χ4v) is 2.05. The van der Waals surface area contributed by atoms with Gasteiger partial charge in [0, 0.05) is 25.2 Å². The number of hydrogen-bond acceptors (Lipinski definition) is 3. The van der Waals surface area contributed by atoms with Crippen LogP contribution in [0.5, 0.6) is 0 Å². The van der Waals surface area contributed by atoms with Gasteiger partial charge in [-0.15, -0.1) is 12.4 Å². The Kier molecular flexibility index (Phi) is 3.61. The number of nitrogens with zero attached hydrogens (tertiary/aromatic N) is 1. The van der Waals surface area contributed by atoms with Crippen LogP contribution in [0.4, 0.5) is 4.79 Å². The van der Waals surface area contributed by atoms with Crippen molar-refractivity contribution in [3.63, 3.8) is 0 Å². The molecule has 0 aromatic heterocycles. The number of halogens is 1. The second-order valence-electron chi connectivity index (χ2n) is 4.08. The van der Waals surface area contributed by atoms with Crippen molar-refractivity contribution in [1.82, 2.24) is 10.2 Å². The van der Waals surface area contributed by atoms with Crippen LogP contribution in [0.1, 0.15) is 20.3 Å². The van der Waals surface area contributed by atoms with E-state index in [2.05, 4.69) is 5.32 Å². The average molecular weight is 221 g/mol. The van der Waals surface area contributed by atoms with Crippen LogP contribution in [0.2, 0.25) is 0 Å². The second-order valence-corrected chi connectivity index (χ2v) is 4.08. The van der Waals surface area contributed by atoms with E-state index in [-0.39, 0.29) is 24.6 Å². The molecule has 1 N–H and O–H groups in total. The number of hydrogen-bond donors (Lipinski definition) is 1. The lowest BCUT2D eigenvalue weighted by Gasteiger charge is -2.27. The van der Waals surface area contributed by atoms with Crippen molar-refractivity contribution in [1.29, 1.82) is 0 Å². The zero-order chi connectivity index (χ0) is 9.42. The largest absolute Gasteiger partial charge is 0.447 e. The molecule has 2 heterocycles. The van der Waals surface area contributed by atoms with Gasteiger partial charge in [-0.05, 0) is 20.3 Å². The van der Waals surface area contributed by atoms with Crippen LogP contribution in [0.25, 0.3) is 0 Å². The van der Waals surface area contributed by atoms with E-state index in [9.17, 15) is 4.79 Å². The normalized spacial score (nSPS) is 29.2. The number of carbonyl (C=O) groups is 1. The Labute approximate surface area is 90.4 Å². The Morgan fingerprint density at radius 3 is 2.71 bits per heavy atom. The molecule has 2 bridgehead atoms. The Morgan fingerprint density at radius 1 is 1.57 bits per heavy atom. The first-order valence-electron chi connectivity index (χ1n) is 4.87. The van der Waals surface area contributed by atoms with Crippen molar-refractivity contribution < 1.29 is 9.53 Å².